The molecule has 1 fully saturated rings. The molecular formula is C16H16ClN3O3. The number of halogens is 1. The molecule has 1 aromatic heterocycles. The van der Waals surface area contributed by atoms with Crippen molar-refractivity contribution in [3.63, 3.8) is 0 Å². The second kappa shape index (κ2) is 6.83. The molecule has 0 saturated carbocycles. The maximum Gasteiger partial charge on any atom is 0.255 e. The standard InChI is InChI=1S/C16H16ClN3O3/c1-22-14-6-7-15(19-18-14)23-11-8-9-20(10-11)16(21)12-4-2-3-5-13(12)17/h2-7,11H,8-10H2,1H3. The van der Waals surface area contributed by atoms with Crippen LogP contribution in [0.3, 0.4) is 0 Å². The van der Waals surface area contributed by atoms with Crippen LogP contribution in [0.4, 0.5) is 0 Å². The molecule has 120 valence electrons. The van der Waals surface area contributed by atoms with E-state index in [1.807, 2.05) is 0 Å². The minimum Gasteiger partial charge on any atom is -0.480 e. The number of carbonyl (C=O) groups is 1. The van der Waals surface area contributed by atoms with Gasteiger partial charge in [-0.15, -0.1) is 10.2 Å². The summed E-state index contributed by atoms with van der Waals surface area (Å²) < 4.78 is 10.7. The van der Waals surface area contributed by atoms with Crippen LogP contribution in [-0.4, -0.2) is 47.3 Å². The Kier molecular flexibility index (Phi) is 4.62. The first-order valence-electron chi connectivity index (χ1n) is 7.25. The zero-order valence-electron chi connectivity index (χ0n) is 12.6. The highest BCUT2D eigenvalue weighted by Crippen LogP contribution is 2.22. The van der Waals surface area contributed by atoms with Crippen LogP contribution in [0, 0.1) is 0 Å². The molecule has 0 bridgehead atoms. The minimum absolute atomic E-state index is 0.0810. The van der Waals surface area contributed by atoms with Gasteiger partial charge in [-0.2, -0.15) is 0 Å². The van der Waals surface area contributed by atoms with Gasteiger partial charge >= 0.3 is 0 Å². The number of aromatic nitrogens is 2. The summed E-state index contributed by atoms with van der Waals surface area (Å²) in [5, 5.41) is 8.25. The molecule has 0 radical (unpaired) electrons. The number of nitrogens with zero attached hydrogens (tertiary/aromatic N) is 3. The van der Waals surface area contributed by atoms with Crippen molar-refractivity contribution in [2.24, 2.45) is 0 Å². The third-order valence-electron chi connectivity index (χ3n) is 3.65. The largest absolute Gasteiger partial charge is 0.480 e. The fraction of sp³-hybridized carbons (Fsp3) is 0.312. The molecule has 0 N–H and O–H groups in total. The molecule has 1 aliphatic heterocycles. The molecule has 23 heavy (non-hydrogen) atoms. The molecular weight excluding hydrogens is 318 g/mol. The van der Waals surface area contributed by atoms with Gasteiger partial charge in [-0.1, -0.05) is 23.7 Å². The molecule has 2 aromatic rings. The Balaban J connectivity index is 1.62. The third-order valence-corrected chi connectivity index (χ3v) is 3.98. The normalized spacial score (nSPS) is 17.1. The Hall–Kier alpha value is -2.34. The van der Waals surface area contributed by atoms with Crippen molar-refractivity contribution in [3.05, 3.63) is 47.0 Å². The van der Waals surface area contributed by atoms with Crippen LogP contribution in [0.1, 0.15) is 16.8 Å². The van der Waals surface area contributed by atoms with Gasteiger partial charge < -0.3 is 14.4 Å². The van der Waals surface area contributed by atoms with E-state index in [4.69, 9.17) is 21.1 Å². The van der Waals surface area contributed by atoms with Crippen LogP contribution in [-0.2, 0) is 0 Å². The smallest absolute Gasteiger partial charge is 0.255 e. The molecule has 0 aliphatic carbocycles. The molecule has 3 rings (SSSR count). The van der Waals surface area contributed by atoms with Crippen LogP contribution < -0.4 is 9.47 Å². The maximum absolute atomic E-state index is 12.5. The second-order valence-electron chi connectivity index (χ2n) is 5.17. The fourth-order valence-corrected chi connectivity index (χ4v) is 2.68. The monoisotopic (exact) mass is 333 g/mol. The molecule has 6 nitrogen and oxygen atoms in total. The number of methoxy groups -OCH3 is 1. The van der Waals surface area contributed by atoms with Crippen molar-refractivity contribution in [1.29, 1.82) is 0 Å². The molecule has 1 aliphatic rings. The highest BCUT2D eigenvalue weighted by Gasteiger charge is 2.29. The number of hydrogen-bond acceptors (Lipinski definition) is 5. The average molecular weight is 334 g/mol. The van der Waals surface area contributed by atoms with Gasteiger partial charge in [0, 0.05) is 25.1 Å². The zero-order chi connectivity index (χ0) is 16.2. The number of ether oxygens (including phenoxy) is 2. The van der Waals surface area contributed by atoms with Crippen molar-refractivity contribution < 1.29 is 14.3 Å². The summed E-state index contributed by atoms with van der Waals surface area (Å²) in [5.74, 6) is 0.768. The Bertz CT molecular complexity index is 693. The van der Waals surface area contributed by atoms with Gasteiger partial charge in [0.25, 0.3) is 5.91 Å². The van der Waals surface area contributed by atoms with Crippen LogP contribution in [0.2, 0.25) is 5.02 Å². The topological polar surface area (TPSA) is 64.6 Å². The Morgan fingerprint density at radius 3 is 2.65 bits per heavy atom. The quantitative estimate of drug-likeness (QED) is 0.859. The van der Waals surface area contributed by atoms with Crippen molar-refractivity contribution in [2.75, 3.05) is 20.2 Å². The number of amides is 1. The lowest BCUT2D eigenvalue weighted by atomic mass is 10.2. The van der Waals surface area contributed by atoms with E-state index in [1.54, 1.807) is 41.3 Å². The number of carbonyl (C=O) groups excluding carboxylic acids is 1. The van der Waals surface area contributed by atoms with Gasteiger partial charge in [0.05, 0.1) is 24.2 Å². The molecule has 1 aromatic carbocycles. The molecule has 2 heterocycles. The van der Waals surface area contributed by atoms with Gasteiger partial charge in [-0.25, -0.2) is 0 Å². The van der Waals surface area contributed by atoms with E-state index in [1.165, 1.54) is 7.11 Å². The van der Waals surface area contributed by atoms with E-state index >= 15 is 0 Å². The number of benzene rings is 1. The van der Waals surface area contributed by atoms with Crippen molar-refractivity contribution >= 4 is 17.5 Å². The molecule has 1 saturated heterocycles. The zero-order valence-corrected chi connectivity index (χ0v) is 13.4. The van der Waals surface area contributed by atoms with Gasteiger partial charge in [0.1, 0.15) is 6.10 Å². The minimum atomic E-state index is -0.107. The SMILES string of the molecule is COc1ccc(OC2CCN(C(=O)c3ccccc3Cl)C2)nn1. The number of hydrogen-bond donors (Lipinski definition) is 0. The van der Waals surface area contributed by atoms with E-state index in [2.05, 4.69) is 10.2 Å². The fourth-order valence-electron chi connectivity index (χ4n) is 2.46. The highest BCUT2D eigenvalue weighted by molar-refractivity contribution is 6.33. The predicted molar refractivity (Wildman–Crippen MR) is 85.0 cm³/mol. The summed E-state index contributed by atoms with van der Waals surface area (Å²) in [6, 6.07) is 10.4. The number of likely N-dealkylation sites (tertiary alicyclic amines) is 1. The first kappa shape index (κ1) is 15.6. The molecule has 1 amide bonds. The molecule has 1 unspecified atom stereocenters. The second-order valence-corrected chi connectivity index (χ2v) is 5.58. The van der Waals surface area contributed by atoms with Crippen molar-refractivity contribution in [2.45, 2.75) is 12.5 Å². The Morgan fingerprint density at radius 1 is 1.22 bits per heavy atom. The summed E-state index contributed by atoms with van der Waals surface area (Å²) in [6.07, 6.45) is 0.633. The van der Waals surface area contributed by atoms with Gasteiger partial charge in [-0.05, 0) is 12.1 Å². The number of rotatable bonds is 4. The predicted octanol–water partition coefficient (Wildman–Crippen LogP) is 2.43. The van der Waals surface area contributed by atoms with Crippen LogP contribution in [0.15, 0.2) is 36.4 Å². The average Bonchev–Trinajstić information content (AvgIpc) is 3.04. The van der Waals surface area contributed by atoms with Gasteiger partial charge in [0.15, 0.2) is 0 Å². The van der Waals surface area contributed by atoms with Crippen molar-refractivity contribution in [1.82, 2.24) is 15.1 Å². The van der Waals surface area contributed by atoms with Gasteiger partial charge in [0.2, 0.25) is 11.8 Å². The third kappa shape index (κ3) is 3.53. The van der Waals surface area contributed by atoms with E-state index in [0.717, 1.165) is 6.42 Å². The van der Waals surface area contributed by atoms with E-state index in [9.17, 15) is 4.79 Å². The first-order chi connectivity index (χ1) is 11.2. The maximum atomic E-state index is 12.5. The van der Waals surface area contributed by atoms with E-state index in [-0.39, 0.29) is 12.0 Å². The summed E-state index contributed by atoms with van der Waals surface area (Å²) in [5.41, 5.74) is 0.513. The first-order valence-corrected chi connectivity index (χ1v) is 7.63. The van der Waals surface area contributed by atoms with Crippen LogP contribution in [0.5, 0.6) is 11.8 Å². The lowest BCUT2D eigenvalue weighted by molar-refractivity contribution is 0.0771. The molecule has 1 atom stereocenters. The Labute approximate surface area is 139 Å². The summed E-state index contributed by atoms with van der Waals surface area (Å²) in [6.45, 7) is 1.12. The lowest BCUT2D eigenvalue weighted by Crippen LogP contribution is -2.31. The summed E-state index contributed by atoms with van der Waals surface area (Å²) in [4.78, 5) is 14.2. The van der Waals surface area contributed by atoms with E-state index < -0.39 is 0 Å². The van der Waals surface area contributed by atoms with Crippen molar-refractivity contribution in [3.8, 4) is 11.8 Å². The molecule has 7 heteroatoms. The Morgan fingerprint density at radius 2 is 1.96 bits per heavy atom. The van der Waals surface area contributed by atoms with Crippen LogP contribution >= 0.6 is 11.6 Å². The summed E-state index contributed by atoms with van der Waals surface area (Å²) in [7, 11) is 1.53. The van der Waals surface area contributed by atoms with Crippen LogP contribution in [0.25, 0.3) is 0 Å². The highest BCUT2D eigenvalue weighted by atomic mass is 35.5. The molecule has 0 spiro atoms. The summed E-state index contributed by atoms with van der Waals surface area (Å²) >= 11 is 6.08. The van der Waals surface area contributed by atoms with Gasteiger partial charge in [-0.3, -0.25) is 4.79 Å². The van der Waals surface area contributed by atoms with E-state index in [0.29, 0.717) is 35.4 Å². The lowest BCUT2D eigenvalue weighted by Gasteiger charge is -2.17.